The van der Waals surface area contributed by atoms with Crippen LogP contribution in [0.1, 0.15) is 53.2 Å². The average molecular weight is 428 g/mol. The summed E-state index contributed by atoms with van der Waals surface area (Å²) in [6, 6.07) is 0.0827. The van der Waals surface area contributed by atoms with E-state index in [1.165, 1.54) is 4.88 Å². The first-order valence-corrected chi connectivity index (χ1v) is 11.4. The van der Waals surface area contributed by atoms with Gasteiger partial charge in [0.05, 0.1) is 17.4 Å². The van der Waals surface area contributed by atoms with E-state index >= 15 is 0 Å². The van der Waals surface area contributed by atoms with Gasteiger partial charge in [0.1, 0.15) is 11.4 Å². The molecule has 0 saturated carbocycles. The number of aryl methyl sites for hydroxylation is 3. The monoisotopic (exact) mass is 427 g/mol. The summed E-state index contributed by atoms with van der Waals surface area (Å²) >= 11 is 1.60. The van der Waals surface area contributed by atoms with Gasteiger partial charge in [-0.1, -0.05) is 6.92 Å². The van der Waals surface area contributed by atoms with Gasteiger partial charge in [0, 0.05) is 29.7 Å². The normalized spacial score (nSPS) is 15.3. The van der Waals surface area contributed by atoms with Crippen molar-refractivity contribution in [3.05, 3.63) is 44.1 Å². The van der Waals surface area contributed by atoms with Gasteiger partial charge in [0.25, 0.3) is 5.56 Å². The summed E-state index contributed by atoms with van der Waals surface area (Å²) in [6.45, 7) is 11.7. The highest BCUT2D eigenvalue weighted by molar-refractivity contribution is 7.18. The SMILES string of the molecule is CCc1c(C)sc2ncn(C3CCN(C(=O)Cn4nc(C)c(C)c4C)CC3)c(=O)c12. The van der Waals surface area contributed by atoms with Crippen LogP contribution < -0.4 is 5.56 Å². The fraction of sp³-hybridized carbons (Fsp3) is 0.545. The van der Waals surface area contributed by atoms with E-state index in [0.29, 0.717) is 13.1 Å². The number of nitrogens with zero attached hydrogens (tertiary/aromatic N) is 5. The van der Waals surface area contributed by atoms with Gasteiger partial charge < -0.3 is 4.90 Å². The lowest BCUT2D eigenvalue weighted by Gasteiger charge is -2.32. The Balaban J connectivity index is 1.48. The molecule has 0 unspecified atom stereocenters. The predicted octanol–water partition coefficient (Wildman–Crippen LogP) is 3.31. The summed E-state index contributed by atoms with van der Waals surface area (Å²) in [7, 11) is 0. The lowest BCUT2D eigenvalue weighted by Crippen LogP contribution is -2.42. The Morgan fingerprint density at radius 1 is 1.20 bits per heavy atom. The van der Waals surface area contributed by atoms with Gasteiger partial charge in [0.2, 0.25) is 5.91 Å². The molecule has 4 heterocycles. The van der Waals surface area contributed by atoms with E-state index in [2.05, 4.69) is 23.9 Å². The molecule has 0 aliphatic carbocycles. The molecule has 3 aromatic rings. The molecule has 1 saturated heterocycles. The van der Waals surface area contributed by atoms with Crippen LogP contribution in [-0.4, -0.2) is 43.2 Å². The van der Waals surface area contributed by atoms with Crippen LogP contribution in [0.4, 0.5) is 0 Å². The Hall–Kier alpha value is -2.48. The maximum absolute atomic E-state index is 13.2. The number of fused-ring (bicyclic) bond motifs is 1. The number of hydrogen-bond acceptors (Lipinski definition) is 5. The number of rotatable bonds is 4. The molecule has 3 aromatic heterocycles. The van der Waals surface area contributed by atoms with E-state index in [1.54, 1.807) is 26.9 Å². The molecule has 0 atom stereocenters. The van der Waals surface area contributed by atoms with Gasteiger partial charge in [-0.2, -0.15) is 5.10 Å². The molecule has 30 heavy (non-hydrogen) atoms. The van der Waals surface area contributed by atoms with Crippen molar-refractivity contribution in [2.24, 2.45) is 0 Å². The maximum Gasteiger partial charge on any atom is 0.262 e. The molecule has 0 bridgehead atoms. The second kappa shape index (κ2) is 7.98. The molecule has 8 heteroatoms. The summed E-state index contributed by atoms with van der Waals surface area (Å²) in [6.07, 6.45) is 4.06. The van der Waals surface area contributed by atoms with Crippen LogP contribution in [-0.2, 0) is 17.8 Å². The first kappa shape index (κ1) is 20.8. The van der Waals surface area contributed by atoms with E-state index in [-0.39, 0.29) is 24.1 Å². The number of carbonyl (C=O) groups excluding carboxylic acids is 1. The summed E-state index contributed by atoms with van der Waals surface area (Å²) in [5.74, 6) is 0.0849. The van der Waals surface area contributed by atoms with Gasteiger partial charge in [0.15, 0.2) is 0 Å². The number of hydrogen-bond donors (Lipinski definition) is 0. The summed E-state index contributed by atoms with van der Waals surface area (Å²) < 4.78 is 3.59. The number of thiophene rings is 1. The molecule has 1 amide bonds. The summed E-state index contributed by atoms with van der Waals surface area (Å²) in [5, 5.41) is 5.26. The zero-order valence-electron chi connectivity index (χ0n) is 18.4. The van der Waals surface area contributed by atoms with Gasteiger partial charge >= 0.3 is 0 Å². The van der Waals surface area contributed by atoms with Crippen LogP contribution in [0.15, 0.2) is 11.1 Å². The number of aromatic nitrogens is 4. The molecule has 0 spiro atoms. The highest BCUT2D eigenvalue weighted by Gasteiger charge is 2.26. The minimum atomic E-state index is 0.0593. The van der Waals surface area contributed by atoms with E-state index in [1.807, 2.05) is 25.7 Å². The van der Waals surface area contributed by atoms with Crippen molar-refractivity contribution in [2.75, 3.05) is 13.1 Å². The maximum atomic E-state index is 13.2. The minimum absolute atomic E-state index is 0.0593. The van der Waals surface area contributed by atoms with E-state index < -0.39 is 0 Å². The van der Waals surface area contributed by atoms with Crippen molar-refractivity contribution in [1.29, 1.82) is 0 Å². The largest absolute Gasteiger partial charge is 0.341 e. The molecule has 1 aliphatic heterocycles. The fourth-order valence-electron chi connectivity index (χ4n) is 4.42. The quantitative estimate of drug-likeness (QED) is 0.640. The van der Waals surface area contributed by atoms with Crippen LogP contribution in [0.2, 0.25) is 0 Å². The Morgan fingerprint density at radius 2 is 1.90 bits per heavy atom. The van der Waals surface area contributed by atoms with Crippen molar-refractivity contribution in [1.82, 2.24) is 24.2 Å². The standard InChI is InChI=1S/C22H29N5O2S/c1-6-18-16(5)30-21-20(18)22(29)26(12-23-21)17-7-9-25(10-8-17)19(28)11-27-15(4)13(2)14(3)24-27/h12,17H,6-11H2,1-5H3. The molecule has 160 valence electrons. The zero-order valence-corrected chi connectivity index (χ0v) is 19.2. The number of carbonyl (C=O) groups is 1. The van der Waals surface area contributed by atoms with Crippen molar-refractivity contribution >= 4 is 27.5 Å². The second-order valence-electron chi connectivity index (χ2n) is 8.19. The molecule has 4 rings (SSSR count). The smallest absolute Gasteiger partial charge is 0.262 e. The van der Waals surface area contributed by atoms with Crippen molar-refractivity contribution in [3.8, 4) is 0 Å². The molecule has 1 aliphatic rings. The van der Waals surface area contributed by atoms with Crippen LogP contribution in [0.3, 0.4) is 0 Å². The third kappa shape index (κ3) is 3.47. The molecule has 0 aromatic carbocycles. The first-order chi connectivity index (χ1) is 14.3. The van der Waals surface area contributed by atoms with E-state index in [9.17, 15) is 9.59 Å². The summed E-state index contributed by atoms with van der Waals surface area (Å²) in [4.78, 5) is 34.5. The van der Waals surface area contributed by atoms with E-state index in [4.69, 9.17) is 0 Å². The third-order valence-corrected chi connectivity index (χ3v) is 7.59. The fourth-order valence-corrected chi connectivity index (χ4v) is 5.49. The third-order valence-electron chi connectivity index (χ3n) is 6.53. The van der Waals surface area contributed by atoms with Crippen molar-refractivity contribution in [2.45, 2.75) is 66.5 Å². The number of amides is 1. The Bertz CT molecular complexity index is 1160. The van der Waals surface area contributed by atoms with Crippen molar-refractivity contribution in [3.63, 3.8) is 0 Å². The minimum Gasteiger partial charge on any atom is -0.341 e. The lowest BCUT2D eigenvalue weighted by molar-refractivity contribution is -0.133. The first-order valence-electron chi connectivity index (χ1n) is 10.6. The molecular formula is C22H29N5O2S. The molecule has 7 nitrogen and oxygen atoms in total. The topological polar surface area (TPSA) is 73.0 Å². The predicted molar refractivity (Wildman–Crippen MR) is 119 cm³/mol. The van der Waals surface area contributed by atoms with Gasteiger partial charge in [-0.25, -0.2) is 4.98 Å². The second-order valence-corrected chi connectivity index (χ2v) is 9.40. The van der Waals surface area contributed by atoms with Crippen LogP contribution >= 0.6 is 11.3 Å². The zero-order chi connectivity index (χ0) is 21.6. The van der Waals surface area contributed by atoms with Crippen molar-refractivity contribution < 1.29 is 4.79 Å². The highest BCUT2D eigenvalue weighted by atomic mass is 32.1. The van der Waals surface area contributed by atoms with Gasteiger partial charge in [-0.15, -0.1) is 11.3 Å². The van der Waals surface area contributed by atoms with Crippen LogP contribution in [0.5, 0.6) is 0 Å². The van der Waals surface area contributed by atoms with Gasteiger partial charge in [-0.05, 0) is 58.1 Å². The number of piperidine rings is 1. The highest BCUT2D eigenvalue weighted by Crippen LogP contribution is 2.28. The average Bonchev–Trinajstić information content (AvgIpc) is 3.19. The molecular weight excluding hydrogens is 398 g/mol. The Labute approximate surface area is 180 Å². The Morgan fingerprint density at radius 3 is 2.50 bits per heavy atom. The molecule has 1 fully saturated rings. The Kier molecular flexibility index (Phi) is 5.53. The number of likely N-dealkylation sites (tertiary alicyclic amines) is 1. The lowest BCUT2D eigenvalue weighted by atomic mass is 10.0. The molecule has 0 N–H and O–H groups in total. The van der Waals surface area contributed by atoms with Crippen LogP contribution in [0.25, 0.3) is 10.2 Å². The van der Waals surface area contributed by atoms with Crippen LogP contribution in [0, 0.1) is 27.7 Å². The van der Waals surface area contributed by atoms with Gasteiger partial charge in [-0.3, -0.25) is 18.8 Å². The summed E-state index contributed by atoms with van der Waals surface area (Å²) in [5.41, 5.74) is 4.33. The molecule has 0 radical (unpaired) electrons. The van der Waals surface area contributed by atoms with E-state index in [0.717, 1.165) is 52.0 Å².